The molecule has 1 aromatic rings. The Bertz CT molecular complexity index is 325. The number of amides is 1. The van der Waals surface area contributed by atoms with E-state index in [-0.39, 0.29) is 17.8 Å². The van der Waals surface area contributed by atoms with Crippen LogP contribution in [0.15, 0.2) is 9.21 Å². The van der Waals surface area contributed by atoms with Crippen LogP contribution in [-0.4, -0.2) is 16.1 Å². The SMILES string of the molecule is CC(C)C(=O)Nc1n[nH]c(=O)o1. The third kappa shape index (κ3) is 1.94. The lowest BCUT2D eigenvalue weighted by Gasteiger charge is -2.01. The third-order valence-corrected chi connectivity index (χ3v) is 1.19. The maximum Gasteiger partial charge on any atom is 0.435 e. The van der Waals surface area contributed by atoms with Crippen LogP contribution in [-0.2, 0) is 4.79 Å². The van der Waals surface area contributed by atoms with Gasteiger partial charge in [-0.3, -0.25) is 10.1 Å². The fourth-order valence-electron chi connectivity index (χ4n) is 0.533. The van der Waals surface area contributed by atoms with Crippen molar-refractivity contribution in [2.45, 2.75) is 13.8 Å². The molecule has 0 bridgehead atoms. The van der Waals surface area contributed by atoms with Crippen molar-refractivity contribution in [3.8, 4) is 0 Å². The Morgan fingerprint density at radius 3 is 2.75 bits per heavy atom. The van der Waals surface area contributed by atoms with E-state index >= 15 is 0 Å². The Labute approximate surface area is 68.0 Å². The molecule has 0 aliphatic rings. The Kier molecular flexibility index (Phi) is 2.27. The van der Waals surface area contributed by atoms with Crippen LogP contribution in [0, 0.1) is 5.92 Å². The van der Waals surface area contributed by atoms with Crippen LogP contribution in [0.3, 0.4) is 0 Å². The Morgan fingerprint density at radius 1 is 1.67 bits per heavy atom. The van der Waals surface area contributed by atoms with Crippen molar-refractivity contribution in [1.82, 2.24) is 10.2 Å². The molecule has 0 aromatic carbocycles. The molecule has 0 saturated heterocycles. The minimum Gasteiger partial charge on any atom is -0.373 e. The Hall–Kier alpha value is -1.59. The van der Waals surface area contributed by atoms with Gasteiger partial charge in [0.15, 0.2) is 0 Å². The van der Waals surface area contributed by atoms with Crippen molar-refractivity contribution in [2.75, 3.05) is 5.32 Å². The van der Waals surface area contributed by atoms with Gasteiger partial charge in [0.1, 0.15) is 0 Å². The first-order valence-corrected chi connectivity index (χ1v) is 3.46. The molecule has 0 radical (unpaired) electrons. The molecule has 0 aliphatic carbocycles. The zero-order valence-corrected chi connectivity index (χ0v) is 6.75. The average Bonchev–Trinajstić information content (AvgIpc) is 2.35. The summed E-state index contributed by atoms with van der Waals surface area (Å²) in [5.74, 6) is -1.11. The first-order valence-electron chi connectivity index (χ1n) is 3.46. The van der Waals surface area contributed by atoms with Gasteiger partial charge in [-0.1, -0.05) is 13.8 Å². The standard InChI is InChI=1S/C6H9N3O3/c1-3(2)4(10)7-5-8-9-6(11)12-5/h3H,1-2H3,(H,9,11)(H,7,8,10). The summed E-state index contributed by atoms with van der Waals surface area (Å²) in [5.41, 5.74) is 0. The van der Waals surface area contributed by atoms with Crippen molar-refractivity contribution < 1.29 is 9.21 Å². The fourth-order valence-corrected chi connectivity index (χ4v) is 0.533. The summed E-state index contributed by atoms with van der Waals surface area (Å²) in [6.45, 7) is 3.44. The topological polar surface area (TPSA) is 88.0 Å². The van der Waals surface area contributed by atoms with Crippen molar-refractivity contribution in [3.05, 3.63) is 10.6 Å². The molecule has 1 rings (SSSR count). The van der Waals surface area contributed by atoms with Gasteiger partial charge in [0.25, 0.3) is 0 Å². The van der Waals surface area contributed by atoms with E-state index < -0.39 is 5.76 Å². The van der Waals surface area contributed by atoms with E-state index in [1.165, 1.54) is 0 Å². The molecule has 6 heteroatoms. The van der Waals surface area contributed by atoms with Gasteiger partial charge < -0.3 is 4.42 Å². The number of aromatic nitrogens is 2. The fraction of sp³-hybridized carbons (Fsp3) is 0.500. The van der Waals surface area contributed by atoms with Gasteiger partial charge in [-0.25, -0.2) is 9.89 Å². The summed E-state index contributed by atoms with van der Waals surface area (Å²) in [6.07, 6.45) is 0. The first kappa shape index (κ1) is 8.51. The maximum absolute atomic E-state index is 11.0. The Balaban J connectivity index is 2.64. The van der Waals surface area contributed by atoms with Crippen LogP contribution in [0.2, 0.25) is 0 Å². The van der Waals surface area contributed by atoms with Gasteiger partial charge in [-0.05, 0) is 0 Å². The number of aromatic amines is 1. The summed E-state index contributed by atoms with van der Waals surface area (Å²) in [4.78, 5) is 21.4. The summed E-state index contributed by atoms with van der Waals surface area (Å²) in [5, 5.41) is 7.74. The number of carbonyl (C=O) groups is 1. The molecular weight excluding hydrogens is 162 g/mol. The van der Waals surface area contributed by atoms with E-state index in [2.05, 4.69) is 14.8 Å². The van der Waals surface area contributed by atoms with Crippen LogP contribution in [0.1, 0.15) is 13.8 Å². The number of H-pyrrole nitrogens is 1. The van der Waals surface area contributed by atoms with Gasteiger partial charge in [0, 0.05) is 5.92 Å². The molecule has 0 aliphatic heterocycles. The molecular formula is C6H9N3O3. The number of anilines is 1. The molecule has 66 valence electrons. The number of rotatable bonds is 2. The van der Waals surface area contributed by atoms with Gasteiger partial charge in [0.2, 0.25) is 5.91 Å². The largest absolute Gasteiger partial charge is 0.435 e. The smallest absolute Gasteiger partial charge is 0.373 e. The van der Waals surface area contributed by atoms with E-state index in [0.29, 0.717) is 0 Å². The highest BCUT2D eigenvalue weighted by Gasteiger charge is 2.09. The Morgan fingerprint density at radius 2 is 2.33 bits per heavy atom. The molecule has 0 atom stereocenters. The zero-order chi connectivity index (χ0) is 9.14. The van der Waals surface area contributed by atoms with Crippen molar-refractivity contribution >= 4 is 11.9 Å². The maximum atomic E-state index is 11.0. The average molecular weight is 171 g/mol. The molecule has 0 saturated carbocycles. The lowest BCUT2D eigenvalue weighted by atomic mass is 10.2. The second-order valence-corrected chi connectivity index (χ2v) is 2.56. The summed E-state index contributed by atoms with van der Waals surface area (Å²) >= 11 is 0. The predicted molar refractivity (Wildman–Crippen MR) is 40.6 cm³/mol. The number of hydrogen-bond donors (Lipinski definition) is 2. The normalized spacial score (nSPS) is 10.2. The van der Waals surface area contributed by atoms with Crippen molar-refractivity contribution in [3.63, 3.8) is 0 Å². The molecule has 12 heavy (non-hydrogen) atoms. The summed E-state index contributed by atoms with van der Waals surface area (Å²) < 4.78 is 4.45. The van der Waals surface area contributed by atoms with E-state index in [4.69, 9.17) is 0 Å². The highest BCUT2D eigenvalue weighted by molar-refractivity contribution is 5.89. The molecule has 0 spiro atoms. The van der Waals surface area contributed by atoms with Gasteiger partial charge in [-0.2, -0.15) is 0 Å². The quantitative estimate of drug-likeness (QED) is 0.653. The second-order valence-electron chi connectivity index (χ2n) is 2.56. The van der Waals surface area contributed by atoms with E-state index in [1.54, 1.807) is 13.8 Å². The number of carbonyl (C=O) groups excluding carboxylic acids is 1. The molecule has 0 fully saturated rings. The summed E-state index contributed by atoms with van der Waals surface area (Å²) in [6, 6.07) is -0.0984. The van der Waals surface area contributed by atoms with Crippen molar-refractivity contribution in [1.29, 1.82) is 0 Å². The van der Waals surface area contributed by atoms with Crippen LogP contribution >= 0.6 is 0 Å². The minimum absolute atomic E-state index is 0.0984. The number of nitrogens with one attached hydrogen (secondary N) is 2. The predicted octanol–water partition coefficient (Wildman–Crippen LogP) is -0.0426. The molecule has 6 nitrogen and oxygen atoms in total. The summed E-state index contributed by atoms with van der Waals surface area (Å²) in [7, 11) is 0. The lowest BCUT2D eigenvalue weighted by molar-refractivity contribution is -0.119. The highest BCUT2D eigenvalue weighted by atomic mass is 16.4. The molecule has 2 N–H and O–H groups in total. The molecule has 0 unspecified atom stereocenters. The molecule has 1 heterocycles. The van der Waals surface area contributed by atoms with Crippen LogP contribution in [0.4, 0.5) is 6.01 Å². The van der Waals surface area contributed by atoms with Crippen molar-refractivity contribution in [2.24, 2.45) is 5.92 Å². The highest BCUT2D eigenvalue weighted by Crippen LogP contribution is 1.99. The van der Waals surface area contributed by atoms with Gasteiger partial charge in [0.05, 0.1) is 0 Å². The third-order valence-electron chi connectivity index (χ3n) is 1.19. The zero-order valence-electron chi connectivity index (χ0n) is 6.75. The second kappa shape index (κ2) is 3.21. The van der Waals surface area contributed by atoms with Gasteiger partial charge in [-0.15, -0.1) is 5.10 Å². The minimum atomic E-state index is -0.686. The van der Waals surface area contributed by atoms with Crippen LogP contribution < -0.4 is 11.1 Å². The number of nitrogens with zero attached hydrogens (tertiary/aromatic N) is 1. The van der Waals surface area contributed by atoms with Crippen LogP contribution in [0.25, 0.3) is 0 Å². The lowest BCUT2D eigenvalue weighted by Crippen LogP contribution is -2.17. The van der Waals surface area contributed by atoms with Gasteiger partial charge >= 0.3 is 11.8 Å². The van der Waals surface area contributed by atoms with E-state index in [0.717, 1.165) is 0 Å². The van der Waals surface area contributed by atoms with Crippen LogP contribution in [0.5, 0.6) is 0 Å². The van der Waals surface area contributed by atoms with E-state index in [1.807, 2.05) is 5.10 Å². The molecule has 1 amide bonds. The first-order chi connectivity index (χ1) is 5.59. The van der Waals surface area contributed by atoms with E-state index in [9.17, 15) is 9.59 Å². The number of hydrogen-bond acceptors (Lipinski definition) is 4. The molecule has 1 aromatic heterocycles. The monoisotopic (exact) mass is 171 g/mol.